The van der Waals surface area contributed by atoms with E-state index in [9.17, 15) is 9.59 Å². The minimum atomic E-state index is -0.492. The average Bonchev–Trinajstić information content (AvgIpc) is 2.71. The molecule has 0 saturated heterocycles. The third kappa shape index (κ3) is 6.47. The standard InChI is InChI=1S/C22H23NO4/c1-26-21(24)15-9-14-20(22(25)27-2)23(16-18-10-5-3-6-11-18)17-19-12-7-4-8-13-19/h3-15H,16-17H2,1-2H3/b15-9+,20-14+. The third-order valence-corrected chi connectivity index (χ3v) is 3.86. The number of ether oxygens (including phenoxy) is 2. The monoisotopic (exact) mass is 365 g/mol. The molecule has 0 amide bonds. The predicted molar refractivity (Wildman–Crippen MR) is 103 cm³/mol. The molecule has 140 valence electrons. The van der Waals surface area contributed by atoms with Crippen LogP contribution in [0.25, 0.3) is 0 Å². The van der Waals surface area contributed by atoms with Crippen LogP contribution in [0.5, 0.6) is 0 Å². The quantitative estimate of drug-likeness (QED) is 0.407. The molecule has 0 radical (unpaired) electrons. The number of esters is 2. The van der Waals surface area contributed by atoms with Crippen molar-refractivity contribution >= 4 is 11.9 Å². The molecule has 5 nitrogen and oxygen atoms in total. The van der Waals surface area contributed by atoms with Crippen LogP contribution in [0.2, 0.25) is 0 Å². The maximum Gasteiger partial charge on any atom is 0.354 e. The van der Waals surface area contributed by atoms with E-state index in [1.807, 2.05) is 65.6 Å². The van der Waals surface area contributed by atoms with Crippen molar-refractivity contribution in [3.63, 3.8) is 0 Å². The van der Waals surface area contributed by atoms with Gasteiger partial charge < -0.3 is 14.4 Å². The van der Waals surface area contributed by atoms with E-state index in [-0.39, 0.29) is 0 Å². The second-order valence-corrected chi connectivity index (χ2v) is 5.75. The Morgan fingerprint density at radius 1 is 0.852 bits per heavy atom. The van der Waals surface area contributed by atoms with Crippen molar-refractivity contribution < 1.29 is 19.1 Å². The summed E-state index contributed by atoms with van der Waals surface area (Å²) in [6.45, 7) is 1.03. The first-order valence-electron chi connectivity index (χ1n) is 8.51. The van der Waals surface area contributed by atoms with Crippen LogP contribution in [0.4, 0.5) is 0 Å². The van der Waals surface area contributed by atoms with E-state index < -0.39 is 11.9 Å². The van der Waals surface area contributed by atoms with Gasteiger partial charge in [0.25, 0.3) is 0 Å². The lowest BCUT2D eigenvalue weighted by atomic mass is 10.1. The highest BCUT2D eigenvalue weighted by Gasteiger charge is 2.18. The fraction of sp³-hybridized carbons (Fsp3) is 0.182. The van der Waals surface area contributed by atoms with Gasteiger partial charge in [0.05, 0.1) is 14.2 Å². The first kappa shape index (κ1) is 20.0. The van der Waals surface area contributed by atoms with Crippen LogP contribution >= 0.6 is 0 Å². The molecular weight excluding hydrogens is 342 g/mol. The van der Waals surface area contributed by atoms with Gasteiger partial charge in [-0.05, 0) is 17.2 Å². The summed E-state index contributed by atoms with van der Waals surface area (Å²) in [7, 11) is 2.64. The minimum Gasteiger partial charge on any atom is -0.466 e. The van der Waals surface area contributed by atoms with Gasteiger partial charge in [-0.15, -0.1) is 0 Å². The summed E-state index contributed by atoms with van der Waals surface area (Å²) >= 11 is 0. The Balaban J connectivity index is 2.35. The van der Waals surface area contributed by atoms with E-state index >= 15 is 0 Å². The third-order valence-electron chi connectivity index (χ3n) is 3.86. The van der Waals surface area contributed by atoms with Crippen LogP contribution in [0.1, 0.15) is 11.1 Å². The molecule has 27 heavy (non-hydrogen) atoms. The zero-order valence-electron chi connectivity index (χ0n) is 15.5. The lowest BCUT2D eigenvalue weighted by Gasteiger charge is -2.26. The second kappa shape index (κ2) is 10.6. The molecule has 0 fully saturated rings. The molecule has 2 rings (SSSR count). The summed E-state index contributed by atoms with van der Waals surface area (Å²) in [4.78, 5) is 25.6. The normalized spacial score (nSPS) is 11.3. The number of carbonyl (C=O) groups is 2. The zero-order valence-corrected chi connectivity index (χ0v) is 15.5. The molecule has 0 unspecified atom stereocenters. The van der Waals surface area contributed by atoms with Gasteiger partial charge >= 0.3 is 11.9 Å². The van der Waals surface area contributed by atoms with Crippen LogP contribution < -0.4 is 0 Å². The maximum atomic E-state index is 12.4. The van der Waals surface area contributed by atoms with Crippen LogP contribution in [0.15, 0.2) is 84.6 Å². The fourth-order valence-electron chi connectivity index (χ4n) is 2.53. The van der Waals surface area contributed by atoms with Crippen molar-refractivity contribution in [3.05, 3.63) is 95.7 Å². The first-order chi connectivity index (χ1) is 13.1. The highest BCUT2D eigenvalue weighted by Crippen LogP contribution is 2.17. The molecule has 0 N–H and O–H groups in total. The molecule has 5 heteroatoms. The molecule has 0 aromatic heterocycles. The molecule has 0 aliphatic heterocycles. The molecule has 0 aliphatic carbocycles. The van der Waals surface area contributed by atoms with Gasteiger partial charge in [-0.25, -0.2) is 9.59 Å². The number of allylic oxidation sites excluding steroid dienone is 2. The lowest BCUT2D eigenvalue weighted by molar-refractivity contribution is -0.138. The van der Waals surface area contributed by atoms with Gasteiger partial charge in [-0.1, -0.05) is 66.7 Å². The molecule has 0 saturated carbocycles. The van der Waals surface area contributed by atoms with Gasteiger partial charge in [0.2, 0.25) is 0 Å². The Hall–Kier alpha value is -3.34. The number of carbonyl (C=O) groups excluding carboxylic acids is 2. The molecule has 0 aliphatic rings. The number of hydrogen-bond acceptors (Lipinski definition) is 5. The Bertz CT molecular complexity index is 756. The number of hydrogen-bond donors (Lipinski definition) is 0. The second-order valence-electron chi connectivity index (χ2n) is 5.75. The number of nitrogens with zero attached hydrogens (tertiary/aromatic N) is 1. The van der Waals surface area contributed by atoms with E-state index in [2.05, 4.69) is 4.74 Å². The Kier molecular flexibility index (Phi) is 7.85. The van der Waals surface area contributed by atoms with E-state index in [0.717, 1.165) is 11.1 Å². The Morgan fingerprint density at radius 2 is 1.37 bits per heavy atom. The highest BCUT2D eigenvalue weighted by atomic mass is 16.5. The number of rotatable bonds is 8. The Labute approximate surface area is 159 Å². The van der Waals surface area contributed by atoms with Gasteiger partial charge in [0, 0.05) is 19.2 Å². The van der Waals surface area contributed by atoms with E-state index in [0.29, 0.717) is 18.8 Å². The van der Waals surface area contributed by atoms with Gasteiger partial charge in [-0.2, -0.15) is 0 Å². The number of benzene rings is 2. The molecule has 0 atom stereocenters. The molecular formula is C22H23NO4. The SMILES string of the molecule is COC(=O)/C=C/C=C(\C(=O)OC)N(Cc1ccccc1)Cc1ccccc1. The van der Waals surface area contributed by atoms with Crippen molar-refractivity contribution in [1.29, 1.82) is 0 Å². The fourth-order valence-corrected chi connectivity index (χ4v) is 2.53. The molecule has 2 aromatic carbocycles. The molecule has 0 bridgehead atoms. The first-order valence-corrected chi connectivity index (χ1v) is 8.51. The van der Waals surface area contributed by atoms with Crippen molar-refractivity contribution in [2.24, 2.45) is 0 Å². The summed E-state index contributed by atoms with van der Waals surface area (Å²) in [6, 6.07) is 19.7. The number of methoxy groups -OCH3 is 2. The molecule has 0 spiro atoms. The predicted octanol–water partition coefficient (Wildman–Crippen LogP) is 3.47. The van der Waals surface area contributed by atoms with E-state index in [1.165, 1.54) is 26.4 Å². The van der Waals surface area contributed by atoms with Gasteiger partial charge in [0.15, 0.2) is 0 Å². The van der Waals surface area contributed by atoms with Crippen molar-refractivity contribution in [2.45, 2.75) is 13.1 Å². The highest BCUT2D eigenvalue weighted by molar-refractivity contribution is 5.88. The Morgan fingerprint density at radius 3 is 1.81 bits per heavy atom. The van der Waals surface area contributed by atoms with Crippen LogP contribution in [0, 0.1) is 0 Å². The summed E-state index contributed by atoms with van der Waals surface area (Å²) in [5, 5.41) is 0. The summed E-state index contributed by atoms with van der Waals surface area (Å²) in [6.07, 6.45) is 4.31. The van der Waals surface area contributed by atoms with Crippen molar-refractivity contribution in [1.82, 2.24) is 4.90 Å². The van der Waals surface area contributed by atoms with Gasteiger partial charge in [0.1, 0.15) is 5.70 Å². The van der Waals surface area contributed by atoms with E-state index in [4.69, 9.17) is 4.74 Å². The minimum absolute atomic E-state index is 0.352. The topological polar surface area (TPSA) is 55.8 Å². The van der Waals surface area contributed by atoms with Crippen LogP contribution in [0.3, 0.4) is 0 Å². The summed E-state index contributed by atoms with van der Waals surface area (Å²) < 4.78 is 9.54. The molecule has 2 aromatic rings. The smallest absolute Gasteiger partial charge is 0.354 e. The summed E-state index contributed by atoms with van der Waals surface area (Å²) in [5.41, 5.74) is 2.46. The van der Waals surface area contributed by atoms with E-state index in [1.54, 1.807) is 6.08 Å². The van der Waals surface area contributed by atoms with Crippen LogP contribution in [-0.2, 0) is 32.2 Å². The van der Waals surface area contributed by atoms with Crippen molar-refractivity contribution in [2.75, 3.05) is 14.2 Å². The van der Waals surface area contributed by atoms with Crippen molar-refractivity contribution in [3.8, 4) is 0 Å². The maximum absolute atomic E-state index is 12.4. The molecule has 0 heterocycles. The largest absolute Gasteiger partial charge is 0.466 e. The lowest BCUT2D eigenvalue weighted by Crippen LogP contribution is -2.27. The van der Waals surface area contributed by atoms with Gasteiger partial charge in [-0.3, -0.25) is 0 Å². The average molecular weight is 365 g/mol. The summed E-state index contributed by atoms with van der Waals surface area (Å²) in [5.74, 6) is -0.968. The van der Waals surface area contributed by atoms with Crippen LogP contribution in [-0.4, -0.2) is 31.1 Å². The zero-order chi connectivity index (χ0) is 19.5.